The molecule has 1 aromatic carbocycles. The highest BCUT2D eigenvalue weighted by Gasteiger charge is 2.02. The summed E-state index contributed by atoms with van der Waals surface area (Å²) in [5.41, 5.74) is 0. The number of aliphatic imine (C=N–C) groups is 1. The van der Waals surface area contributed by atoms with Gasteiger partial charge < -0.3 is 15.4 Å². The Morgan fingerprint density at radius 3 is 2.87 bits per heavy atom. The number of hydrogen-bond acceptors (Lipinski definition) is 4. The van der Waals surface area contributed by atoms with Crippen molar-refractivity contribution < 1.29 is 4.74 Å². The smallest absolute Gasteiger partial charge is 0.191 e. The van der Waals surface area contributed by atoms with Gasteiger partial charge in [0.15, 0.2) is 5.96 Å². The van der Waals surface area contributed by atoms with Gasteiger partial charge in [0, 0.05) is 18.6 Å². The molecular weight excluding hydrogens is 475 g/mol. The lowest BCUT2D eigenvalue weighted by Gasteiger charge is -2.12. The first kappa shape index (κ1) is 19.7. The van der Waals surface area contributed by atoms with Crippen molar-refractivity contribution in [2.45, 2.75) is 6.54 Å². The molecule has 0 amide bonds. The molecule has 2 N–H and O–H groups in total. The molecule has 0 fully saturated rings. The molecule has 0 unspecified atom stereocenters. The van der Waals surface area contributed by atoms with Crippen molar-refractivity contribution in [3.8, 4) is 5.75 Å². The van der Waals surface area contributed by atoms with E-state index in [4.69, 9.17) is 4.74 Å². The van der Waals surface area contributed by atoms with Crippen LogP contribution < -0.4 is 15.4 Å². The first-order valence-electron chi connectivity index (χ1n) is 6.85. The minimum Gasteiger partial charge on any atom is -0.492 e. The number of hydrogen-bond donors (Lipinski definition) is 2. The van der Waals surface area contributed by atoms with Crippen molar-refractivity contribution in [3.63, 3.8) is 0 Å². The third kappa shape index (κ3) is 6.73. The molecule has 9 heteroatoms. The molecule has 126 valence electrons. The van der Waals surface area contributed by atoms with Gasteiger partial charge in [0.25, 0.3) is 0 Å². The number of aromatic nitrogens is 3. The Labute approximate surface area is 161 Å². The van der Waals surface area contributed by atoms with E-state index in [0.29, 0.717) is 25.7 Å². The fraction of sp³-hybridized carbons (Fsp3) is 0.357. The predicted octanol–water partition coefficient (Wildman–Crippen LogP) is 1.94. The lowest BCUT2D eigenvalue weighted by molar-refractivity contribution is 0.321. The second-order valence-electron chi connectivity index (χ2n) is 4.46. The molecule has 0 radical (unpaired) electrons. The zero-order valence-electron chi connectivity index (χ0n) is 13.0. The van der Waals surface area contributed by atoms with Gasteiger partial charge in [-0.1, -0.05) is 22.0 Å². The van der Waals surface area contributed by atoms with E-state index in [-0.39, 0.29) is 24.0 Å². The first-order chi connectivity index (χ1) is 10.7. The van der Waals surface area contributed by atoms with E-state index in [1.807, 2.05) is 31.3 Å². The number of benzene rings is 1. The number of ether oxygens (including phenoxy) is 1. The average Bonchev–Trinajstić information content (AvgIpc) is 2.92. The Hall–Kier alpha value is -1.36. The van der Waals surface area contributed by atoms with Crippen LogP contribution in [0, 0.1) is 0 Å². The van der Waals surface area contributed by atoms with E-state index in [2.05, 4.69) is 41.6 Å². The number of nitrogens with one attached hydrogen (secondary N) is 2. The maximum absolute atomic E-state index is 5.65. The fourth-order valence-electron chi connectivity index (χ4n) is 1.76. The Morgan fingerprint density at radius 2 is 2.22 bits per heavy atom. The molecule has 7 nitrogen and oxygen atoms in total. The molecule has 2 aromatic rings. The van der Waals surface area contributed by atoms with Crippen molar-refractivity contribution in [1.82, 2.24) is 25.4 Å². The van der Waals surface area contributed by atoms with Crippen LogP contribution in [0.25, 0.3) is 0 Å². The van der Waals surface area contributed by atoms with Crippen LogP contribution in [0.4, 0.5) is 0 Å². The second-order valence-corrected chi connectivity index (χ2v) is 5.37. The van der Waals surface area contributed by atoms with Gasteiger partial charge in [0.05, 0.1) is 13.1 Å². The topological polar surface area (TPSA) is 76.4 Å². The SMILES string of the molecule is CN=C(NCCOc1cccc(Br)c1)NCc1ncnn1C.I. The summed E-state index contributed by atoms with van der Waals surface area (Å²) in [5, 5.41) is 10.4. The minimum atomic E-state index is 0. The van der Waals surface area contributed by atoms with Crippen molar-refractivity contribution in [2.75, 3.05) is 20.2 Å². The van der Waals surface area contributed by atoms with Gasteiger partial charge in [-0.3, -0.25) is 9.67 Å². The van der Waals surface area contributed by atoms with Crippen LogP contribution in [0.3, 0.4) is 0 Å². The van der Waals surface area contributed by atoms with Gasteiger partial charge >= 0.3 is 0 Å². The average molecular weight is 495 g/mol. The maximum atomic E-state index is 5.65. The molecule has 0 aliphatic rings. The lowest BCUT2D eigenvalue weighted by Crippen LogP contribution is -2.39. The molecule has 0 atom stereocenters. The van der Waals surface area contributed by atoms with Crippen molar-refractivity contribution in [1.29, 1.82) is 0 Å². The third-order valence-electron chi connectivity index (χ3n) is 2.90. The summed E-state index contributed by atoms with van der Waals surface area (Å²) in [4.78, 5) is 8.29. The summed E-state index contributed by atoms with van der Waals surface area (Å²) in [7, 11) is 3.58. The molecule has 0 saturated carbocycles. The number of aryl methyl sites for hydroxylation is 1. The quantitative estimate of drug-likeness (QED) is 0.278. The second kappa shape index (κ2) is 10.4. The normalized spacial score (nSPS) is 10.8. The van der Waals surface area contributed by atoms with E-state index >= 15 is 0 Å². The van der Waals surface area contributed by atoms with E-state index in [9.17, 15) is 0 Å². The van der Waals surface area contributed by atoms with Crippen molar-refractivity contribution in [3.05, 3.63) is 40.9 Å². The summed E-state index contributed by atoms with van der Waals surface area (Å²) in [6.45, 7) is 1.74. The van der Waals surface area contributed by atoms with E-state index < -0.39 is 0 Å². The molecular formula is C14H20BrIN6O. The summed E-state index contributed by atoms with van der Waals surface area (Å²) in [6, 6.07) is 7.75. The highest BCUT2D eigenvalue weighted by atomic mass is 127. The number of guanidine groups is 1. The Bertz CT molecular complexity index is 633. The first-order valence-corrected chi connectivity index (χ1v) is 7.64. The third-order valence-corrected chi connectivity index (χ3v) is 3.40. The highest BCUT2D eigenvalue weighted by molar-refractivity contribution is 14.0. The minimum absolute atomic E-state index is 0. The number of nitrogens with zero attached hydrogens (tertiary/aromatic N) is 4. The maximum Gasteiger partial charge on any atom is 0.191 e. The van der Waals surface area contributed by atoms with E-state index in [1.54, 1.807) is 11.7 Å². The van der Waals surface area contributed by atoms with Crippen LogP contribution in [-0.4, -0.2) is 40.9 Å². The Balaban J connectivity index is 0.00000264. The zero-order valence-corrected chi connectivity index (χ0v) is 16.9. The van der Waals surface area contributed by atoms with Gasteiger partial charge in [-0.05, 0) is 18.2 Å². The van der Waals surface area contributed by atoms with Gasteiger partial charge in [-0.2, -0.15) is 5.10 Å². The van der Waals surface area contributed by atoms with Gasteiger partial charge in [0.1, 0.15) is 24.5 Å². The molecule has 23 heavy (non-hydrogen) atoms. The van der Waals surface area contributed by atoms with Crippen LogP contribution in [0.2, 0.25) is 0 Å². The highest BCUT2D eigenvalue weighted by Crippen LogP contribution is 2.17. The standard InChI is InChI=1S/C14H19BrN6O.HI/c1-16-14(18-9-13-19-10-20-21(13)2)17-6-7-22-12-5-3-4-11(15)8-12;/h3-5,8,10H,6-7,9H2,1-2H3,(H2,16,17,18);1H. The monoisotopic (exact) mass is 494 g/mol. The summed E-state index contributed by atoms with van der Waals surface area (Å²) < 4.78 is 8.37. The number of rotatable bonds is 6. The summed E-state index contributed by atoms with van der Waals surface area (Å²) in [5.74, 6) is 2.37. The molecule has 0 bridgehead atoms. The van der Waals surface area contributed by atoms with Crippen LogP contribution >= 0.6 is 39.9 Å². The summed E-state index contributed by atoms with van der Waals surface area (Å²) >= 11 is 3.41. The van der Waals surface area contributed by atoms with Crippen LogP contribution in [-0.2, 0) is 13.6 Å². The van der Waals surface area contributed by atoms with E-state index in [0.717, 1.165) is 16.0 Å². The lowest BCUT2D eigenvalue weighted by atomic mass is 10.3. The Kier molecular flexibility index (Phi) is 8.92. The molecule has 2 rings (SSSR count). The zero-order chi connectivity index (χ0) is 15.8. The molecule has 0 aliphatic carbocycles. The van der Waals surface area contributed by atoms with Gasteiger partial charge in [-0.25, -0.2) is 4.98 Å². The van der Waals surface area contributed by atoms with Crippen LogP contribution in [0.5, 0.6) is 5.75 Å². The van der Waals surface area contributed by atoms with Crippen LogP contribution in [0.1, 0.15) is 5.82 Å². The predicted molar refractivity (Wildman–Crippen MR) is 104 cm³/mol. The molecule has 0 spiro atoms. The fourth-order valence-corrected chi connectivity index (χ4v) is 2.14. The molecule has 0 saturated heterocycles. The number of halogens is 2. The van der Waals surface area contributed by atoms with Crippen LogP contribution in [0.15, 0.2) is 40.1 Å². The summed E-state index contributed by atoms with van der Waals surface area (Å²) in [6.07, 6.45) is 1.53. The van der Waals surface area contributed by atoms with Gasteiger partial charge in [-0.15, -0.1) is 24.0 Å². The molecule has 1 aromatic heterocycles. The van der Waals surface area contributed by atoms with E-state index in [1.165, 1.54) is 6.33 Å². The van der Waals surface area contributed by atoms with Crippen molar-refractivity contribution >= 4 is 45.9 Å². The van der Waals surface area contributed by atoms with Gasteiger partial charge in [0.2, 0.25) is 0 Å². The largest absolute Gasteiger partial charge is 0.492 e. The Morgan fingerprint density at radius 1 is 1.39 bits per heavy atom. The molecule has 1 heterocycles. The van der Waals surface area contributed by atoms with Crippen molar-refractivity contribution in [2.24, 2.45) is 12.0 Å². The molecule has 0 aliphatic heterocycles.